The van der Waals surface area contributed by atoms with Gasteiger partial charge in [0.05, 0.1) is 43.0 Å². The van der Waals surface area contributed by atoms with Crippen LogP contribution < -0.4 is 0 Å². The SMILES string of the molecule is CCCC(Cc1occc1C1OC(=O)C2OC23C1(C)CCC1C24COC(=O)CC2OC(C)(CCC(C)C)C4C(=O)C(O)C13C)C(O)CO. The molecule has 6 aliphatic rings. The zero-order valence-electron chi connectivity index (χ0n) is 29.0. The van der Waals surface area contributed by atoms with Gasteiger partial charge in [-0.1, -0.05) is 41.0 Å². The third-order valence-corrected chi connectivity index (χ3v) is 13.9. The van der Waals surface area contributed by atoms with Crippen molar-refractivity contribution in [3.05, 3.63) is 23.7 Å². The van der Waals surface area contributed by atoms with E-state index in [1.54, 1.807) is 12.3 Å². The van der Waals surface area contributed by atoms with E-state index in [1.165, 1.54) is 0 Å². The normalized spacial score (nSPS) is 45.7. The van der Waals surface area contributed by atoms with Crippen molar-refractivity contribution in [2.24, 2.45) is 39.9 Å². The van der Waals surface area contributed by atoms with Crippen LogP contribution >= 0.6 is 0 Å². The molecule has 0 radical (unpaired) electrons. The number of carbonyl (C=O) groups excluding carboxylic acids is 3. The van der Waals surface area contributed by atoms with Crippen molar-refractivity contribution in [3.63, 3.8) is 0 Å². The van der Waals surface area contributed by atoms with Crippen molar-refractivity contribution in [1.29, 1.82) is 0 Å². The predicted molar refractivity (Wildman–Crippen MR) is 169 cm³/mol. The topological polar surface area (TPSA) is 165 Å². The molecule has 266 valence electrons. The van der Waals surface area contributed by atoms with E-state index in [-0.39, 0.29) is 43.2 Å². The summed E-state index contributed by atoms with van der Waals surface area (Å²) < 4.78 is 31.4. The lowest BCUT2D eigenvalue weighted by molar-refractivity contribution is -0.252. The van der Waals surface area contributed by atoms with Gasteiger partial charge in [0.1, 0.15) is 30.2 Å². The number of furan rings is 1. The first-order chi connectivity index (χ1) is 22.7. The molecule has 4 aliphatic heterocycles. The Kier molecular flexibility index (Phi) is 8.08. The molecular weight excluding hydrogens is 620 g/mol. The Morgan fingerprint density at radius 2 is 1.81 bits per heavy atom. The molecule has 11 nitrogen and oxygen atoms in total. The number of esters is 2. The molecule has 2 spiro atoms. The second kappa shape index (κ2) is 11.4. The van der Waals surface area contributed by atoms with E-state index < -0.39 is 69.9 Å². The van der Waals surface area contributed by atoms with Crippen LogP contribution in [-0.2, 0) is 39.8 Å². The van der Waals surface area contributed by atoms with Crippen LogP contribution in [0.3, 0.4) is 0 Å². The van der Waals surface area contributed by atoms with E-state index in [1.807, 2.05) is 27.7 Å². The fourth-order valence-corrected chi connectivity index (χ4v) is 11.6. The number of ether oxygens (including phenoxy) is 4. The average Bonchev–Trinajstić information content (AvgIpc) is 3.59. The zero-order valence-corrected chi connectivity index (χ0v) is 29.0. The Morgan fingerprint density at radius 1 is 1.06 bits per heavy atom. The van der Waals surface area contributed by atoms with Crippen LogP contribution in [0.1, 0.15) is 104 Å². The molecule has 13 atom stereocenters. The molecular formula is C37H52O11. The summed E-state index contributed by atoms with van der Waals surface area (Å²) in [4.78, 5) is 41.4. The van der Waals surface area contributed by atoms with Gasteiger partial charge < -0.3 is 38.7 Å². The van der Waals surface area contributed by atoms with Crippen LogP contribution in [-0.4, -0.2) is 81.9 Å². The summed E-state index contributed by atoms with van der Waals surface area (Å²) in [6.07, 6.45) is 1.18. The molecule has 1 aromatic rings. The molecule has 7 rings (SSSR count). The van der Waals surface area contributed by atoms with Gasteiger partial charge >= 0.3 is 11.9 Å². The van der Waals surface area contributed by atoms with Gasteiger partial charge in [0.25, 0.3) is 0 Å². The van der Waals surface area contributed by atoms with Gasteiger partial charge in [0.15, 0.2) is 11.9 Å². The van der Waals surface area contributed by atoms with Gasteiger partial charge in [0.2, 0.25) is 0 Å². The van der Waals surface area contributed by atoms with E-state index >= 15 is 0 Å². The summed E-state index contributed by atoms with van der Waals surface area (Å²) in [6, 6.07) is 1.79. The van der Waals surface area contributed by atoms with Gasteiger partial charge in [-0.3, -0.25) is 9.59 Å². The van der Waals surface area contributed by atoms with Gasteiger partial charge in [-0.2, -0.15) is 0 Å². The van der Waals surface area contributed by atoms with Crippen molar-refractivity contribution in [1.82, 2.24) is 0 Å². The highest BCUT2D eigenvalue weighted by Crippen LogP contribution is 2.80. The first kappa shape index (κ1) is 34.2. The fraction of sp³-hybridized carbons (Fsp3) is 0.811. The minimum absolute atomic E-state index is 0.0143. The lowest BCUT2D eigenvalue weighted by atomic mass is 9.36. The van der Waals surface area contributed by atoms with E-state index in [2.05, 4.69) is 13.8 Å². The quantitative estimate of drug-likeness (QED) is 0.244. The van der Waals surface area contributed by atoms with Crippen LogP contribution in [0.15, 0.2) is 16.7 Å². The maximum absolute atomic E-state index is 14.8. The summed E-state index contributed by atoms with van der Waals surface area (Å²) in [7, 11) is 0. The maximum Gasteiger partial charge on any atom is 0.339 e. The van der Waals surface area contributed by atoms with E-state index in [0.29, 0.717) is 49.3 Å². The summed E-state index contributed by atoms with van der Waals surface area (Å²) in [6.45, 7) is 11.8. The van der Waals surface area contributed by atoms with Gasteiger partial charge in [-0.05, 0) is 62.8 Å². The highest BCUT2D eigenvalue weighted by Gasteiger charge is 2.91. The smallest absolute Gasteiger partial charge is 0.339 e. The first-order valence-electron chi connectivity index (χ1n) is 17.9. The second-order valence-electron chi connectivity index (χ2n) is 16.7. The van der Waals surface area contributed by atoms with Crippen molar-refractivity contribution in [2.45, 2.75) is 135 Å². The Morgan fingerprint density at radius 3 is 2.50 bits per heavy atom. The number of ketones is 1. The molecule has 2 aliphatic carbocycles. The zero-order chi connectivity index (χ0) is 34.6. The molecule has 0 aromatic carbocycles. The molecule has 4 saturated heterocycles. The Balaban J connectivity index is 1.32. The van der Waals surface area contributed by atoms with Crippen LogP contribution in [0, 0.1) is 39.9 Å². The van der Waals surface area contributed by atoms with Gasteiger partial charge in [-0.15, -0.1) is 0 Å². The number of Topliss-reactive ketones (excluding diaryl/α,β-unsaturated/α-hetero) is 1. The third-order valence-electron chi connectivity index (χ3n) is 13.9. The molecule has 0 amide bonds. The van der Waals surface area contributed by atoms with Crippen molar-refractivity contribution in [2.75, 3.05) is 13.2 Å². The number of cyclic esters (lactones) is 2. The molecule has 5 heterocycles. The molecule has 6 fully saturated rings. The van der Waals surface area contributed by atoms with E-state index in [9.17, 15) is 29.7 Å². The van der Waals surface area contributed by atoms with E-state index in [0.717, 1.165) is 12.8 Å². The molecule has 1 aromatic heterocycles. The van der Waals surface area contributed by atoms with Crippen LogP contribution in [0.4, 0.5) is 0 Å². The highest BCUT2D eigenvalue weighted by atomic mass is 16.7. The van der Waals surface area contributed by atoms with Crippen LogP contribution in [0.5, 0.6) is 0 Å². The van der Waals surface area contributed by atoms with Crippen LogP contribution in [0.2, 0.25) is 0 Å². The fourth-order valence-electron chi connectivity index (χ4n) is 11.6. The number of carbonyl (C=O) groups is 3. The summed E-state index contributed by atoms with van der Waals surface area (Å²) >= 11 is 0. The maximum atomic E-state index is 14.8. The van der Waals surface area contributed by atoms with Crippen LogP contribution in [0.25, 0.3) is 0 Å². The number of rotatable bonds is 10. The number of aliphatic hydroxyl groups excluding tert-OH is 3. The first-order valence-corrected chi connectivity index (χ1v) is 17.9. The van der Waals surface area contributed by atoms with Crippen molar-refractivity contribution >= 4 is 17.7 Å². The Labute approximate surface area is 282 Å². The molecule has 13 unspecified atom stereocenters. The average molecular weight is 673 g/mol. The number of aliphatic hydroxyl groups is 3. The lowest BCUT2D eigenvalue weighted by Gasteiger charge is -2.66. The Bertz CT molecular complexity index is 1470. The summed E-state index contributed by atoms with van der Waals surface area (Å²) in [5.41, 5.74) is -4.46. The highest BCUT2D eigenvalue weighted by molar-refractivity contribution is 5.92. The van der Waals surface area contributed by atoms with Gasteiger partial charge in [0, 0.05) is 28.2 Å². The van der Waals surface area contributed by atoms with Crippen molar-refractivity contribution < 1.29 is 53.1 Å². The second-order valence-corrected chi connectivity index (χ2v) is 16.7. The lowest BCUT2D eigenvalue weighted by Crippen LogP contribution is -2.76. The molecule has 0 bridgehead atoms. The molecule has 11 heteroatoms. The number of hydrogen-bond acceptors (Lipinski definition) is 11. The molecule has 2 saturated carbocycles. The third kappa shape index (κ3) is 4.26. The minimum atomic E-state index is -1.45. The van der Waals surface area contributed by atoms with Gasteiger partial charge in [-0.25, -0.2) is 4.79 Å². The molecule has 3 N–H and O–H groups in total. The van der Waals surface area contributed by atoms with E-state index in [4.69, 9.17) is 23.4 Å². The molecule has 48 heavy (non-hydrogen) atoms. The number of hydrogen-bond donors (Lipinski definition) is 3. The monoisotopic (exact) mass is 672 g/mol. The number of fused-ring (bicyclic) bond motifs is 1. The largest absolute Gasteiger partial charge is 0.469 e. The standard InChI is InChI=1S/C37H52O11/c1-7-8-20(22(39)17-38)15-23-21(11-14-44-23)30-33(4)12-10-24-35(6,37(33)31(48-37)32(43)46-30)29(42)27(41)28-34(5,13-9-19(2)3)47-25-16-26(40)45-18-36(24,25)28/h11,14,19-20,22,24-25,28-31,38-39,42H,7-10,12-13,15-18H2,1-6H3. The predicted octanol–water partition coefficient (Wildman–Crippen LogP) is 3.84. The minimum Gasteiger partial charge on any atom is -0.469 e. The Hall–Kier alpha value is -2.31. The number of epoxide rings is 1. The summed E-state index contributed by atoms with van der Waals surface area (Å²) in [5.74, 6) is -1.64. The van der Waals surface area contributed by atoms with Crippen molar-refractivity contribution in [3.8, 4) is 0 Å². The summed E-state index contributed by atoms with van der Waals surface area (Å²) in [5, 5.41) is 32.7.